The van der Waals surface area contributed by atoms with Gasteiger partial charge in [-0.15, -0.1) is 0 Å². The third kappa shape index (κ3) is 4.63. The van der Waals surface area contributed by atoms with Crippen molar-refractivity contribution in [2.75, 3.05) is 26.4 Å². The van der Waals surface area contributed by atoms with Crippen LogP contribution in [0.25, 0.3) is 0 Å². The first-order valence-electron chi connectivity index (χ1n) is 8.04. The Hall–Kier alpha value is -1.75. The summed E-state index contributed by atoms with van der Waals surface area (Å²) >= 11 is 0. The first kappa shape index (κ1) is 16.6. The van der Waals surface area contributed by atoms with E-state index in [1.54, 1.807) is 18.2 Å². The maximum absolute atomic E-state index is 12.2. The highest BCUT2D eigenvalue weighted by molar-refractivity contribution is 5.94. The summed E-state index contributed by atoms with van der Waals surface area (Å²) in [6, 6.07) is 5.29. The van der Waals surface area contributed by atoms with Crippen molar-refractivity contribution < 1.29 is 19.0 Å². The molecule has 0 saturated carbocycles. The van der Waals surface area contributed by atoms with Crippen LogP contribution in [-0.2, 0) is 4.74 Å². The van der Waals surface area contributed by atoms with Gasteiger partial charge in [0.15, 0.2) is 11.5 Å². The van der Waals surface area contributed by atoms with Crippen LogP contribution in [0.1, 0.15) is 43.5 Å². The molecule has 1 aliphatic rings. The van der Waals surface area contributed by atoms with Gasteiger partial charge in [-0.05, 0) is 44.4 Å². The Labute approximate surface area is 131 Å². The number of nitrogens with one attached hydrogen (secondary N) is 1. The van der Waals surface area contributed by atoms with E-state index in [4.69, 9.17) is 14.2 Å². The molecule has 1 heterocycles. The van der Waals surface area contributed by atoms with Crippen LogP contribution >= 0.6 is 0 Å². The van der Waals surface area contributed by atoms with Crippen molar-refractivity contribution in [3.05, 3.63) is 23.8 Å². The van der Waals surface area contributed by atoms with Crippen molar-refractivity contribution in [2.24, 2.45) is 0 Å². The Bertz CT molecular complexity index is 484. The molecular formula is C17H25NO4. The molecule has 2 rings (SSSR count). The van der Waals surface area contributed by atoms with Crippen LogP contribution in [0.15, 0.2) is 18.2 Å². The SMILES string of the molecule is CCCOc1ccc(C(=O)NCC2CCCO2)cc1OCC. The highest BCUT2D eigenvalue weighted by Gasteiger charge is 2.17. The quantitative estimate of drug-likeness (QED) is 0.802. The summed E-state index contributed by atoms with van der Waals surface area (Å²) < 4.78 is 16.7. The van der Waals surface area contributed by atoms with E-state index in [-0.39, 0.29) is 12.0 Å². The van der Waals surface area contributed by atoms with Gasteiger partial charge in [-0.3, -0.25) is 4.79 Å². The molecule has 22 heavy (non-hydrogen) atoms. The van der Waals surface area contributed by atoms with Gasteiger partial charge in [-0.1, -0.05) is 6.92 Å². The van der Waals surface area contributed by atoms with Crippen molar-refractivity contribution in [2.45, 2.75) is 39.2 Å². The summed E-state index contributed by atoms with van der Waals surface area (Å²) in [5.41, 5.74) is 0.574. The van der Waals surface area contributed by atoms with Gasteiger partial charge in [-0.25, -0.2) is 0 Å². The molecule has 1 fully saturated rings. The van der Waals surface area contributed by atoms with Crippen LogP contribution in [-0.4, -0.2) is 38.4 Å². The molecule has 1 saturated heterocycles. The number of carbonyl (C=O) groups is 1. The Morgan fingerprint density at radius 1 is 1.32 bits per heavy atom. The molecule has 1 N–H and O–H groups in total. The first-order chi connectivity index (χ1) is 10.7. The normalized spacial score (nSPS) is 17.3. The highest BCUT2D eigenvalue weighted by atomic mass is 16.5. The molecule has 0 spiro atoms. The van der Waals surface area contributed by atoms with Crippen LogP contribution in [0, 0.1) is 0 Å². The van der Waals surface area contributed by atoms with Gasteiger partial charge in [0, 0.05) is 18.7 Å². The number of carbonyl (C=O) groups excluding carboxylic acids is 1. The lowest BCUT2D eigenvalue weighted by molar-refractivity contribution is 0.0857. The van der Waals surface area contributed by atoms with E-state index in [2.05, 4.69) is 5.32 Å². The third-order valence-electron chi connectivity index (χ3n) is 3.48. The second-order valence-electron chi connectivity index (χ2n) is 5.29. The van der Waals surface area contributed by atoms with Crippen molar-refractivity contribution in [1.82, 2.24) is 5.32 Å². The second-order valence-corrected chi connectivity index (χ2v) is 5.29. The molecule has 0 bridgehead atoms. The minimum Gasteiger partial charge on any atom is -0.490 e. The number of hydrogen-bond acceptors (Lipinski definition) is 4. The van der Waals surface area contributed by atoms with E-state index >= 15 is 0 Å². The Morgan fingerprint density at radius 2 is 2.18 bits per heavy atom. The standard InChI is InChI=1S/C17H25NO4/c1-3-9-22-15-8-7-13(11-16(15)20-4-2)17(19)18-12-14-6-5-10-21-14/h7-8,11,14H,3-6,9-10,12H2,1-2H3,(H,18,19). The number of rotatable bonds is 8. The van der Waals surface area contributed by atoms with Crippen molar-refractivity contribution in [3.8, 4) is 11.5 Å². The minimum absolute atomic E-state index is 0.113. The van der Waals surface area contributed by atoms with Crippen LogP contribution < -0.4 is 14.8 Å². The molecule has 1 amide bonds. The topological polar surface area (TPSA) is 56.8 Å². The van der Waals surface area contributed by atoms with Gasteiger partial charge in [0.25, 0.3) is 5.91 Å². The predicted octanol–water partition coefficient (Wildman–Crippen LogP) is 2.78. The summed E-state index contributed by atoms with van der Waals surface area (Å²) in [5, 5.41) is 2.91. The van der Waals surface area contributed by atoms with Gasteiger partial charge >= 0.3 is 0 Å². The molecule has 0 radical (unpaired) electrons. The van der Waals surface area contributed by atoms with E-state index in [0.29, 0.717) is 36.8 Å². The monoisotopic (exact) mass is 307 g/mol. The molecule has 122 valence electrons. The van der Waals surface area contributed by atoms with E-state index in [9.17, 15) is 4.79 Å². The largest absolute Gasteiger partial charge is 0.490 e. The lowest BCUT2D eigenvalue weighted by Gasteiger charge is -2.14. The number of hydrogen-bond donors (Lipinski definition) is 1. The van der Waals surface area contributed by atoms with E-state index in [1.807, 2.05) is 13.8 Å². The minimum atomic E-state index is -0.113. The maximum atomic E-state index is 12.2. The van der Waals surface area contributed by atoms with Gasteiger partial charge in [0.2, 0.25) is 0 Å². The molecule has 1 atom stereocenters. The summed E-state index contributed by atoms with van der Waals surface area (Å²) in [6.45, 7) is 6.46. The first-order valence-corrected chi connectivity index (χ1v) is 8.04. The molecule has 1 aromatic rings. The summed E-state index contributed by atoms with van der Waals surface area (Å²) in [6.07, 6.45) is 3.14. The van der Waals surface area contributed by atoms with Gasteiger partial charge < -0.3 is 19.5 Å². The highest BCUT2D eigenvalue weighted by Crippen LogP contribution is 2.28. The van der Waals surface area contributed by atoms with Crippen LogP contribution in [0.5, 0.6) is 11.5 Å². The lowest BCUT2D eigenvalue weighted by atomic mass is 10.1. The van der Waals surface area contributed by atoms with Gasteiger partial charge in [0.05, 0.1) is 19.3 Å². The Balaban J connectivity index is 1.99. The van der Waals surface area contributed by atoms with E-state index in [1.165, 1.54) is 0 Å². The van der Waals surface area contributed by atoms with Crippen molar-refractivity contribution >= 4 is 5.91 Å². The zero-order chi connectivity index (χ0) is 15.8. The third-order valence-corrected chi connectivity index (χ3v) is 3.48. The molecule has 1 aromatic carbocycles. The molecule has 5 heteroatoms. The maximum Gasteiger partial charge on any atom is 0.251 e. The average molecular weight is 307 g/mol. The van der Waals surface area contributed by atoms with E-state index in [0.717, 1.165) is 25.9 Å². The fourth-order valence-corrected chi connectivity index (χ4v) is 2.36. The average Bonchev–Trinajstić information content (AvgIpc) is 3.05. The van der Waals surface area contributed by atoms with Crippen molar-refractivity contribution in [3.63, 3.8) is 0 Å². The fourth-order valence-electron chi connectivity index (χ4n) is 2.36. The Morgan fingerprint density at radius 3 is 2.86 bits per heavy atom. The predicted molar refractivity (Wildman–Crippen MR) is 84.7 cm³/mol. The molecular weight excluding hydrogens is 282 g/mol. The molecule has 0 aromatic heterocycles. The number of ether oxygens (including phenoxy) is 3. The zero-order valence-electron chi connectivity index (χ0n) is 13.4. The van der Waals surface area contributed by atoms with E-state index < -0.39 is 0 Å². The summed E-state index contributed by atoms with van der Waals surface area (Å²) in [4.78, 5) is 12.2. The molecule has 5 nitrogen and oxygen atoms in total. The van der Waals surface area contributed by atoms with Gasteiger partial charge in [-0.2, -0.15) is 0 Å². The van der Waals surface area contributed by atoms with Crippen LogP contribution in [0.3, 0.4) is 0 Å². The van der Waals surface area contributed by atoms with Gasteiger partial charge in [0.1, 0.15) is 0 Å². The number of benzene rings is 1. The summed E-state index contributed by atoms with van der Waals surface area (Å²) in [5.74, 6) is 1.18. The zero-order valence-corrected chi connectivity index (χ0v) is 13.4. The molecule has 1 unspecified atom stereocenters. The smallest absolute Gasteiger partial charge is 0.251 e. The van der Waals surface area contributed by atoms with Crippen molar-refractivity contribution in [1.29, 1.82) is 0 Å². The fraction of sp³-hybridized carbons (Fsp3) is 0.588. The van der Waals surface area contributed by atoms with Crippen LogP contribution in [0.4, 0.5) is 0 Å². The Kier molecular flexibility index (Phi) is 6.52. The molecule has 1 aliphatic heterocycles. The van der Waals surface area contributed by atoms with Crippen LogP contribution in [0.2, 0.25) is 0 Å². The lowest BCUT2D eigenvalue weighted by Crippen LogP contribution is -2.31. The second kappa shape index (κ2) is 8.63. The summed E-state index contributed by atoms with van der Waals surface area (Å²) in [7, 11) is 0. The number of amides is 1. The molecule has 0 aliphatic carbocycles.